The first-order valence-electron chi connectivity index (χ1n) is 12.9. The lowest BCUT2D eigenvalue weighted by Crippen LogP contribution is -2.60. The van der Waals surface area contributed by atoms with Crippen LogP contribution in [0.2, 0.25) is 0 Å². The van der Waals surface area contributed by atoms with Crippen LogP contribution in [-0.4, -0.2) is 16.0 Å². The molecule has 0 amide bonds. The maximum Gasteiger partial charge on any atom is 0.333 e. The van der Waals surface area contributed by atoms with Crippen LogP contribution >= 0.6 is 11.6 Å². The summed E-state index contributed by atoms with van der Waals surface area (Å²) in [5, 5.41) is 10.6. The molecule has 1 saturated carbocycles. The molecule has 3 unspecified atom stereocenters. The first-order chi connectivity index (χ1) is 16.1. The van der Waals surface area contributed by atoms with Crippen molar-refractivity contribution in [3.05, 3.63) is 59.2 Å². The van der Waals surface area contributed by atoms with Gasteiger partial charge < -0.3 is 9.84 Å². The number of benzene rings is 2. The number of phenolic OH excluding ortho intramolecular Hbond substituents is 1. The van der Waals surface area contributed by atoms with Gasteiger partial charge in [0.2, 0.25) is 0 Å². The summed E-state index contributed by atoms with van der Waals surface area (Å²) in [6, 6.07) is 14.3. The highest BCUT2D eigenvalue weighted by Gasteiger charge is 2.62. The topological polar surface area (TPSA) is 46.5 Å². The Balaban J connectivity index is 2.00. The average molecular weight is 499 g/mol. The predicted octanol–water partition coefficient (Wildman–Crippen LogP) is 8.36. The number of halogens is 1. The highest BCUT2D eigenvalue weighted by Crippen LogP contribution is 2.62. The van der Waals surface area contributed by atoms with Gasteiger partial charge >= 0.3 is 5.97 Å². The Morgan fingerprint density at radius 2 is 1.74 bits per heavy atom. The van der Waals surface area contributed by atoms with E-state index in [0.29, 0.717) is 11.5 Å². The first-order valence-corrected chi connectivity index (χ1v) is 13.2. The minimum atomic E-state index is -1.30. The van der Waals surface area contributed by atoms with Crippen LogP contribution in [0.25, 0.3) is 0 Å². The Hall–Kier alpha value is -2.00. The molecule has 0 aliphatic heterocycles. The fourth-order valence-electron chi connectivity index (χ4n) is 6.23. The minimum absolute atomic E-state index is 0.0184. The molecule has 0 saturated heterocycles. The van der Waals surface area contributed by atoms with Crippen LogP contribution in [0, 0.1) is 36.5 Å². The van der Waals surface area contributed by atoms with Gasteiger partial charge in [-0.05, 0) is 78.5 Å². The number of aromatic hydroxyl groups is 1. The highest BCUT2D eigenvalue weighted by molar-refractivity contribution is 6.35. The van der Waals surface area contributed by atoms with Crippen molar-refractivity contribution in [2.75, 3.05) is 0 Å². The molecule has 1 fully saturated rings. The third kappa shape index (κ3) is 4.50. The van der Waals surface area contributed by atoms with Gasteiger partial charge in [-0.15, -0.1) is 11.6 Å². The molecule has 1 aliphatic rings. The van der Waals surface area contributed by atoms with Crippen LogP contribution in [0.1, 0.15) is 84.4 Å². The van der Waals surface area contributed by atoms with Crippen LogP contribution in [0.4, 0.5) is 0 Å². The van der Waals surface area contributed by atoms with Crippen molar-refractivity contribution in [3.8, 4) is 11.5 Å². The molecule has 3 atom stereocenters. The molecule has 0 heterocycles. The third-order valence-corrected chi connectivity index (χ3v) is 10.4. The number of hydrogen-bond acceptors (Lipinski definition) is 3. The summed E-state index contributed by atoms with van der Waals surface area (Å²) in [6.45, 7) is 18.7. The monoisotopic (exact) mass is 498 g/mol. The minimum Gasteiger partial charge on any atom is -0.504 e. The molecule has 0 aromatic heterocycles. The van der Waals surface area contributed by atoms with Gasteiger partial charge in [0.15, 0.2) is 11.5 Å². The molecule has 35 heavy (non-hydrogen) atoms. The fraction of sp³-hybridized carbons (Fsp3) is 0.581. The highest BCUT2D eigenvalue weighted by atomic mass is 35.5. The van der Waals surface area contributed by atoms with E-state index in [1.807, 2.05) is 26.8 Å². The van der Waals surface area contributed by atoms with Gasteiger partial charge in [0.25, 0.3) is 0 Å². The molecule has 3 nitrogen and oxygen atoms in total. The van der Waals surface area contributed by atoms with Crippen LogP contribution in [0.3, 0.4) is 0 Å². The Morgan fingerprint density at radius 1 is 1.14 bits per heavy atom. The molecule has 4 heteroatoms. The lowest BCUT2D eigenvalue weighted by Gasteiger charge is -2.59. The van der Waals surface area contributed by atoms with Gasteiger partial charge in [-0.2, -0.15) is 0 Å². The number of aryl methyl sites for hydroxylation is 2. The number of ether oxygens (including phenoxy) is 1. The summed E-state index contributed by atoms with van der Waals surface area (Å²) < 4.78 is 5.87. The fourth-order valence-corrected chi connectivity index (χ4v) is 6.53. The molecule has 2 aromatic carbocycles. The van der Waals surface area contributed by atoms with Crippen molar-refractivity contribution in [1.29, 1.82) is 0 Å². The van der Waals surface area contributed by atoms with Crippen LogP contribution in [0.5, 0.6) is 11.5 Å². The molecule has 1 N–H and O–H groups in total. The van der Waals surface area contributed by atoms with E-state index >= 15 is 0 Å². The summed E-state index contributed by atoms with van der Waals surface area (Å²) in [4.78, 5) is 12.6. The molecular weight excluding hydrogens is 456 g/mol. The van der Waals surface area contributed by atoms with Gasteiger partial charge in [0, 0.05) is 5.41 Å². The third-order valence-electron chi connectivity index (χ3n) is 9.38. The van der Waals surface area contributed by atoms with Gasteiger partial charge in [-0.25, -0.2) is 4.79 Å². The zero-order valence-electron chi connectivity index (χ0n) is 23.0. The van der Waals surface area contributed by atoms with Crippen LogP contribution in [-0.2, 0) is 10.2 Å². The summed E-state index contributed by atoms with van der Waals surface area (Å²) in [5.74, 6) is 0.00613. The van der Waals surface area contributed by atoms with Crippen LogP contribution in [0.15, 0.2) is 42.5 Å². The molecule has 2 aromatic rings. The molecular formula is C31H43ClO3. The molecule has 0 spiro atoms. The summed E-state index contributed by atoms with van der Waals surface area (Å²) in [6.07, 6.45) is 3.26. The lowest BCUT2D eigenvalue weighted by molar-refractivity contribution is -0.148. The van der Waals surface area contributed by atoms with Crippen molar-refractivity contribution >= 4 is 17.6 Å². The SMILES string of the molecule is Cc1cc(C)c(O)c(OC(=O)C(Cl)(C(C)C)C(C)(C)C(C)(C)CC2(c3ccccc3)CCC2C)c1. The molecule has 1 aliphatic carbocycles. The quantitative estimate of drug-likeness (QED) is 0.226. The molecule has 0 radical (unpaired) electrons. The van der Waals surface area contributed by atoms with Gasteiger partial charge in [0.1, 0.15) is 4.87 Å². The average Bonchev–Trinajstić information content (AvgIpc) is 2.79. The molecule has 0 bridgehead atoms. The van der Waals surface area contributed by atoms with E-state index in [4.69, 9.17) is 16.3 Å². The number of phenols is 1. The Morgan fingerprint density at radius 3 is 2.23 bits per heavy atom. The van der Waals surface area contributed by atoms with E-state index in [2.05, 4.69) is 65.0 Å². The zero-order chi connectivity index (χ0) is 26.4. The summed E-state index contributed by atoms with van der Waals surface area (Å²) in [5.41, 5.74) is 2.09. The Bertz CT molecular complexity index is 1070. The van der Waals surface area contributed by atoms with E-state index in [-0.39, 0.29) is 28.2 Å². The number of rotatable bonds is 8. The largest absolute Gasteiger partial charge is 0.504 e. The smallest absolute Gasteiger partial charge is 0.333 e. The molecule has 3 rings (SSSR count). The van der Waals surface area contributed by atoms with Gasteiger partial charge in [-0.3, -0.25) is 0 Å². The number of alkyl halides is 1. The van der Waals surface area contributed by atoms with Crippen molar-refractivity contribution < 1.29 is 14.6 Å². The number of esters is 1. The van der Waals surface area contributed by atoms with Gasteiger partial charge in [0.05, 0.1) is 0 Å². The predicted molar refractivity (Wildman–Crippen MR) is 145 cm³/mol. The van der Waals surface area contributed by atoms with Crippen molar-refractivity contribution in [1.82, 2.24) is 0 Å². The van der Waals surface area contributed by atoms with E-state index in [9.17, 15) is 9.90 Å². The van der Waals surface area contributed by atoms with Crippen molar-refractivity contribution in [3.63, 3.8) is 0 Å². The molecule has 192 valence electrons. The Labute approximate surface area is 217 Å². The first kappa shape index (κ1) is 27.6. The van der Waals surface area contributed by atoms with Crippen LogP contribution < -0.4 is 4.74 Å². The normalized spacial score (nSPS) is 22.4. The van der Waals surface area contributed by atoms with Crippen molar-refractivity contribution in [2.45, 2.75) is 91.9 Å². The zero-order valence-corrected chi connectivity index (χ0v) is 23.7. The number of carbonyl (C=O) groups is 1. The van der Waals surface area contributed by atoms with E-state index in [1.54, 1.807) is 13.0 Å². The maximum absolute atomic E-state index is 13.9. The second-order valence-corrected chi connectivity index (χ2v) is 12.9. The lowest BCUT2D eigenvalue weighted by atomic mass is 9.47. The van der Waals surface area contributed by atoms with E-state index in [1.165, 1.54) is 12.0 Å². The second kappa shape index (κ2) is 9.47. The Kier molecular flexibility index (Phi) is 7.46. The summed E-state index contributed by atoms with van der Waals surface area (Å²) >= 11 is 7.40. The summed E-state index contributed by atoms with van der Waals surface area (Å²) in [7, 11) is 0. The number of hydrogen-bond donors (Lipinski definition) is 1. The van der Waals surface area contributed by atoms with Gasteiger partial charge in [-0.1, -0.05) is 84.9 Å². The van der Waals surface area contributed by atoms with E-state index in [0.717, 1.165) is 18.4 Å². The standard InChI is InChI=1S/C31H43ClO3/c1-20(2)31(32,27(34)35-25-18-21(3)17-22(4)26(25)33)29(8,9)28(6,7)19-30(16-15-23(30)5)24-13-11-10-12-14-24/h10-14,17-18,20,23,33H,15-16,19H2,1-9H3. The van der Waals surface area contributed by atoms with E-state index < -0.39 is 16.3 Å². The van der Waals surface area contributed by atoms with Crippen molar-refractivity contribution in [2.24, 2.45) is 22.7 Å². The maximum atomic E-state index is 13.9. The second-order valence-electron chi connectivity index (χ2n) is 12.3. The number of carbonyl (C=O) groups excluding carboxylic acids is 1.